The molecule has 394 valence electrons. The topological polar surface area (TPSA) is 172 Å². The maximum Gasteiger partial charge on any atom is 0.264 e. The number of aliphatic hydroxyl groups is 1. The summed E-state index contributed by atoms with van der Waals surface area (Å²) >= 11 is 0. The van der Waals surface area contributed by atoms with Crippen LogP contribution in [0, 0.1) is 5.92 Å². The van der Waals surface area contributed by atoms with Gasteiger partial charge in [-0.15, -0.1) is 5.10 Å². The highest BCUT2D eigenvalue weighted by molar-refractivity contribution is 6.71. The predicted octanol–water partition coefficient (Wildman–Crippen LogP) is 6.70. The molecule has 76 heavy (non-hydrogen) atoms. The van der Waals surface area contributed by atoms with Gasteiger partial charge in [0, 0.05) is 52.5 Å². The minimum Gasteiger partial charge on any atom is -0.432 e. The van der Waals surface area contributed by atoms with E-state index >= 15 is 9.59 Å². The molecule has 1 unspecified atom stereocenters. The highest BCUT2D eigenvalue weighted by Gasteiger charge is 2.66. The van der Waals surface area contributed by atoms with Gasteiger partial charge in [-0.1, -0.05) is 91.0 Å². The number of amides is 3. The summed E-state index contributed by atoms with van der Waals surface area (Å²) in [6, 6.07) is 44.0. The minimum atomic E-state index is -3.09. The number of piperidine rings is 2. The monoisotopic (exact) mass is 1040 g/mol. The SMILES string of the molecule is C[C@@H]1[C@@H]([Si](C)(C)O)[C@H](CCn2cc(C(CO)c3ccccc3)nn2)O[C@@]12C(=O)N(Cc1cccc(N3CN(c4ccccc4)C4(CCNCC4)C3=O)c1)c1ccc(N3CN(c4ccccc4)C4(CCNCC4)C3=O)cc12. The molecular weight excluding hydrogens is 973 g/mol. The number of carbonyl (C=O) groups is 3. The van der Waals surface area contributed by atoms with Crippen molar-refractivity contribution in [3.63, 3.8) is 0 Å². The molecular formula is C59H68N10O6Si. The Balaban J connectivity index is 0.904. The van der Waals surface area contributed by atoms with Gasteiger partial charge in [-0.2, -0.15) is 0 Å². The van der Waals surface area contributed by atoms with Crippen molar-refractivity contribution >= 4 is 54.5 Å². The molecule has 7 heterocycles. The molecule has 0 aliphatic carbocycles. The Morgan fingerprint density at radius 1 is 0.697 bits per heavy atom. The average molecular weight is 1040 g/mol. The highest BCUT2D eigenvalue weighted by atomic mass is 28.4. The first-order chi connectivity index (χ1) is 36.9. The smallest absolute Gasteiger partial charge is 0.264 e. The zero-order chi connectivity index (χ0) is 52.4. The van der Waals surface area contributed by atoms with Gasteiger partial charge in [0.05, 0.1) is 49.9 Å². The fourth-order valence-corrected chi connectivity index (χ4v) is 16.5. The van der Waals surface area contributed by atoms with E-state index in [1.807, 2.05) is 150 Å². The van der Waals surface area contributed by atoms with Gasteiger partial charge < -0.3 is 40.0 Å². The van der Waals surface area contributed by atoms with E-state index in [4.69, 9.17) is 4.74 Å². The van der Waals surface area contributed by atoms with Crippen LogP contribution < -0.4 is 35.1 Å². The third-order valence-corrected chi connectivity index (χ3v) is 20.2. The second-order valence-corrected chi connectivity index (χ2v) is 26.3. The predicted molar refractivity (Wildman–Crippen MR) is 295 cm³/mol. The summed E-state index contributed by atoms with van der Waals surface area (Å²) in [5.41, 5.74) is 3.94. The van der Waals surface area contributed by atoms with E-state index in [0.717, 1.165) is 54.4 Å². The number of hydrogen-bond acceptors (Lipinski definition) is 12. The molecule has 6 aliphatic heterocycles. The van der Waals surface area contributed by atoms with Crippen LogP contribution in [0.15, 0.2) is 140 Å². The molecule has 5 atom stereocenters. The third-order valence-electron chi connectivity index (χ3n) is 17.7. The van der Waals surface area contributed by atoms with Crippen LogP contribution in [-0.2, 0) is 37.8 Å². The van der Waals surface area contributed by atoms with Gasteiger partial charge in [0.1, 0.15) is 11.1 Å². The Bertz CT molecular complexity index is 3110. The molecule has 5 fully saturated rings. The Kier molecular flexibility index (Phi) is 13.0. The van der Waals surface area contributed by atoms with Crippen molar-refractivity contribution in [3.8, 4) is 0 Å². The van der Waals surface area contributed by atoms with Crippen molar-refractivity contribution in [3.05, 3.63) is 162 Å². The molecule has 3 spiro atoms. The van der Waals surface area contributed by atoms with Crippen LogP contribution in [-0.4, -0.2) is 114 Å². The van der Waals surface area contributed by atoms with Gasteiger partial charge in [0.25, 0.3) is 17.7 Å². The lowest BCUT2D eigenvalue weighted by Gasteiger charge is -2.39. The second kappa shape index (κ2) is 19.7. The first-order valence-electron chi connectivity index (χ1n) is 27.1. The Morgan fingerprint density at radius 3 is 1.82 bits per heavy atom. The second-order valence-electron chi connectivity index (χ2n) is 22.3. The van der Waals surface area contributed by atoms with Crippen LogP contribution in [0.5, 0.6) is 0 Å². The number of benzene rings is 5. The number of aliphatic hydroxyl groups excluding tert-OH is 1. The molecule has 4 N–H and O–H groups in total. The first-order valence-corrected chi connectivity index (χ1v) is 30.1. The van der Waals surface area contributed by atoms with Crippen molar-refractivity contribution in [2.75, 3.05) is 70.6 Å². The van der Waals surface area contributed by atoms with Crippen molar-refractivity contribution in [2.45, 2.75) is 99.5 Å². The molecule has 5 saturated heterocycles. The van der Waals surface area contributed by atoms with Gasteiger partial charge >= 0.3 is 0 Å². The summed E-state index contributed by atoms with van der Waals surface area (Å²) in [4.78, 5) is 68.4. The molecule has 0 bridgehead atoms. The lowest BCUT2D eigenvalue weighted by Crippen LogP contribution is -2.55. The number of hydrogen-bond donors (Lipinski definition) is 4. The quantitative estimate of drug-likeness (QED) is 0.0904. The van der Waals surface area contributed by atoms with Crippen LogP contribution in [0.3, 0.4) is 0 Å². The van der Waals surface area contributed by atoms with Crippen LogP contribution in [0.4, 0.5) is 28.4 Å². The highest BCUT2D eigenvalue weighted by Crippen LogP contribution is 2.60. The first kappa shape index (κ1) is 50.1. The Labute approximate surface area is 445 Å². The molecule has 6 aliphatic rings. The molecule has 5 aromatic carbocycles. The van der Waals surface area contributed by atoms with E-state index in [0.29, 0.717) is 74.6 Å². The third kappa shape index (κ3) is 8.25. The maximum absolute atomic E-state index is 16.0. The zero-order valence-corrected chi connectivity index (χ0v) is 44.6. The van der Waals surface area contributed by atoms with Gasteiger partial charge in [-0.25, -0.2) is 0 Å². The van der Waals surface area contributed by atoms with E-state index in [9.17, 15) is 14.7 Å². The van der Waals surface area contributed by atoms with Crippen molar-refractivity contribution < 1.29 is 29.0 Å². The van der Waals surface area contributed by atoms with E-state index in [-0.39, 0.29) is 42.3 Å². The van der Waals surface area contributed by atoms with E-state index in [1.165, 1.54) is 0 Å². The Morgan fingerprint density at radius 2 is 1.25 bits per heavy atom. The number of para-hydroxylation sites is 2. The summed E-state index contributed by atoms with van der Waals surface area (Å²) < 4.78 is 9.17. The molecule has 16 nitrogen and oxygen atoms in total. The lowest BCUT2D eigenvalue weighted by atomic mass is 9.82. The fraction of sp³-hybridized carbons (Fsp3) is 0.407. The number of carbonyl (C=O) groups excluding carboxylic acids is 3. The zero-order valence-electron chi connectivity index (χ0n) is 43.6. The van der Waals surface area contributed by atoms with Crippen molar-refractivity contribution in [1.29, 1.82) is 0 Å². The number of aryl methyl sites for hydroxylation is 1. The molecule has 1 aromatic heterocycles. The summed E-state index contributed by atoms with van der Waals surface area (Å²) in [5.74, 6) is -0.937. The summed E-state index contributed by atoms with van der Waals surface area (Å²) in [6.07, 6.45) is 4.45. The average Bonchev–Trinajstić information content (AvgIpc) is 4.43. The van der Waals surface area contributed by atoms with E-state index in [2.05, 4.69) is 55.0 Å². The lowest BCUT2D eigenvalue weighted by molar-refractivity contribution is -0.146. The molecule has 3 amide bonds. The van der Waals surface area contributed by atoms with Crippen LogP contribution in [0.25, 0.3) is 0 Å². The van der Waals surface area contributed by atoms with Gasteiger partial charge in [-0.3, -0.25) is 28.9 Å². The molecule has 0 saturated carbocycles. The number of ether oxygens (including phenoxy) is 1. The van der Waals surface area contributed by atoms with Gasteiger partial charge in [-0.05, 0) is 137 Å². The van der Waals surface area contributed by atoms with Crippen LogP contribution in [0.1, 0.15) is 67.3 Å². The van der Waals surface area contributed by atoms with E-state index < -0.39 is 37.0 Å². The van der Waals surface area contributed by atoms with Crippen molar-refractivity contribution in [1.82, 2.24) is 25.6 Å². The minimum absolute atomic E-state index is 0.0290. The number of aromatic nitrogens is 3. The fourth-order valence-electron chi connectivity index (χ4n) is 13.9. The largest absolute Gasteiger partial charge is 0.432 e. The number of rotatable bonds is 13. The van der Waals surface area contributed by atoms with Gasteiger partial charge in [0.2, 0.25) is 0 Å². The maximum atomic E-state index is 16.0. The van der Waals surface area contributed by atoms with Gasteiger partial charge in [0.15, 0.2) is 13.9 Å². The number of fused-ring (bicyclic) bond motifs is 2. The number of nitrogens with zero attached hydrogens (tertiary/aromatic N) is 8. The van der Waals surface area contributed by atoms with Crippen LogP contribution >= 0.6 is 0 Å². The summed E-state index contributed by atoms with van der Waals surface area (Å²) in [7, 11) is -3.09. The Hall–Kier alpha value is -6.73. The molecule has 17 heteroatoms. The summed E-state index contributed by atoms with van der Waals surface area (Å²) in [5, 5.41) is 26.3. The van der Waals surface area contributed by atoms with Crippen LogP contribution in [0.2, 0.25) is 18.6 Å². The van der Waals surface area contributed by atoms with E-state index in [1.54, 1.807) is 4.68 Å². The number of nitrogens with one attached hydrogen (secondary N) is 2. The molecule has 0 radical (unpaired) electrons. The normalized spacial score (nSPS) is 24.5. The molecule has 12 rings (SSSR count). The summed E-state index contributed by atoms with van der Waals surface area (Å²) in [6.45, 7) is 10.0. The van der Waals surface area contributed by atoms with Crippen molar-refractivity contribution in [2.24, 2.45) is 5.92 Å². The number of anilines is 5. The molecule has 6 aromatic rings. The standard InChI is InChI=1S/C59H68N10O6Si/c1-41-53(76(2,3)74)52(24-33-64-37-50(62-63-64)48(38-70)43-15-7-4-8-16-43)75-59(41)49-35-47(67-40-69(45-19-11-6-12-20-45)58(55(67)72)27-31-61-32-28-58)22-23-51(49)65(56(59)73)36-42-14-13-21-46(34-42)66-39-68(44-17-9-5-10-18-44)57(54(66)71)25-29-60-30-26-57/h4-23,34-35,37,41,48,52-53,60-61,70,74H,24-33,36,38-40H2,1-3H3/t41-,48?,52+,53-,59+/m1/s1.